The standard InChI is InChI=1S/C23H22F2N4O4/c1-14-7-16(3-4-26-14)33-21-17(24)8-15(9-18(21)25)11-32-19-10-20-28(22(30)27-19)12-23(2)13-31-6-5-29(20)23/h3-4,7-10H,5-6,11-13H2,1-2H3. The first-order chi connectivity index (χ1) is 15.8. The number of rotatable bonds is 5. The lowest BCUT2D eigenvalue weighted by Crippen LogP contribution is -2.53. The lowest BCUT2D eigenvalue weighted by molar-refractivity contribution is 0.0586. The highest BCUT2D eigenvalue weighted by Gasteiger charge is 2.43. The SMILES string of the molecule is Cc1cc(Oc2c(F)cc(COc3cc4n(c(=O)n3)CC3(C)COCCN43)cc2F)ccn1. The van der Waals surface area contributed by atoms with Crippen LogP contribution in [-0.2, 0) is 17.9 Å². The lowest BCUT2D eigenvalue weighted by Gasteiger charge is -2.39. The normalized spacial score (nSPS) is 19.2. The molecule has 8 nitrogen and oxygen atoms in total. The van der Waals surface area contributed by atoms with Crippen molar-refractivity contribution in [3.05, 3.63) is 69.9 Å². The molecule has 2 aliphatic rings. The fraction of sp³-hybridized carbons (Fsp3) is 0.348. The summed E-state index contributed by atoms with van der Waals surface area (Å²) in [6.07, 6.45) is 1.49. The molecular formula is C23H22F2N4O4. The highest BCUT2D eigenvalue weighted by Crippen LogP contribution is 2.35. The predicted molar refractivity (Wildman–Crippen MR) is 115 cm³/mol. The third-order valence-electron chi connectivity index (χ3n) is 5.80. The van der Waals surface area contributed by atoms with Crippen LogP contribution >= 0.6 is 0 Å². The van der Waals surface area contributed by atoms with Gasteiger partial charge in [0.1, 0.15) is 18.2 Å². The fourth-order valence-corrected chi connectivity index (χ4v) is 4.23. The second-order valence-electron chi connectivity index (χ2n) is 8.43. The second-order valence-corrected chi connectivity index (χ2v) is 8.43. The molecule has 0 N–H and O–H groups in total. The number of halogens is 2. The van der Waals surface area contributed by atoms with Gasteiger partial charge in [0, 0.05) is 30.6 Å². The maximum atomic E-state index is 14.6. The van der Waals surface area contributed by atoms with Crippen LogP contribution in [0.1, 0.15) is 18.2 Å². The Kier molecular flexibility index (Phi) is 5.24. The van der Waals surface area contributed by atoms with Crippen molar-refractivity contribution in [3.63, 3.8) is 0 Å². The van der Waals surface area contributed by atoms with Crippen LogP contribution in [0, 0.1) is 18.6 Å². The minimum Gasteiger partial charge on any atom is -0.473 e. The van der Waals surface area contributed by atoms with Crippen LogP contribution < -0.4 is 20.1 Å². The molecule has 1 fully saturated rings. The van der Waals surface area contributed by atoms with Crippen LogP contribution in [-0.4, -0.2) is 39.8 Å². The van der Waals surface area contributed by atoms with Crippen molar-refractivity contribution in [1.29, 1.82) is 0 Å². The molecule has 172 valence electrons. The van der Waals surface area contributed by atoms with Crippen molar-refractivity contribution in [2.75, 3.05) is 24.7 Å². The molecule has 2 aliphatic heterocycles. The van der Waals surface area contributed by atoms with Gasteiger partial charge >= 0.3 is 5.69 Å². The van der Waals surface area contributed by atoms with Gasteiger partial charge in [0.25, 0.3) is 0 Å². The molecule has 0 saturated carbocycles. The Morgan fingerprint density at radius 1 is 1.21 bits per heavy atom. The molecule has 1 atom stereocenters. The van der Waals surface area contributed by atoms with E-state index in [4.69, 9.17) is 14.2 Å². The number of hydrogen-bond donors (Lipinski definition) is 0. The molecule has 1 saturated heterocycles. The second kappa shape index (κ2) is 8.11. The van der Waals surface area contributed by atoms with Crippen molar-refractivity contribution in [1.82, 2.24) is 14.5 Å². The van der Waals surface area contributed by atoms with E-state index in [9.17, 15) is 13.6 Å². The molecular weight excluding hydrogens is 434 g/mol. The number of benzene rings is 1. The average Bonchev–Trinajstić information content (AvgIpc) is 3.08. The van der Waals surface area contributed by atoms with Crippen LogP contribution in [0.4, 0.5) is 14.6 Å². The van der Waals surface area contributed by atoms with Gasteiger partial charge in [-0.2, -0.15) is 4.98 Å². The molecule has 0 radical (unpaired) electrons. The smallest absolute Gasteiger partial charge is 0.352 e. The molecule has 4 heterocycles. The van der Waals surface area contributed by atoms with Crippen molar-refractivity contribution < 1.29 is 23.0 Å². The van der Waals surface area contributed by atoms with Crippen LogP contribution in [0.5, 0.6) is 17.4 Å². The number of aryl methyl sites for hydroxylation is 1. The van der Waals surface area contributed by atoms with Crippen LogP contribution in [0.3, 0.4) is 0 Å². The summed E-state index contributed by atoms with van der Waals surface area (Å²) in [6.45, 7) is 5.81. The Morgan fingerprint density at radius 3 is 2.76 bits per heavy atom. The maximum Gasteiger partial charge on any atom is 0.352 e. The number of hydrogen-bond acceptors (Lipinski definition) is 7. The largest absolute Gasteiger partial charge is 0.473 e. The summed E-state index contributed by atoms with van der Waals surface area (Å²) < 4.78 is 47.3. The van der Waals surface area contributed by atoms with E-state index in [1.54, 1.807) is 23.6 Å². The van der Waals surface area contributed by atoms with Gasteiger partial charge in [-0.3, -0.25) is 9.55 Å². The number of ether oxygens (including phenoxy) is 3. The summed E-state index contributed by atoms with van der Waals surface area (Å²) in [6, 6.07) is 7.03. The number of anilines is 1. The van der Waals surface area contributed by atoms with E-state index in [0.29, 0.717) is 37.8 Å². The van der Waals surface area contributed by atoms with Gasteiger partial charge in [0.05, 0.1) is 25.3 Å². The zero-order valence-corrected chi connectivity index (χ0v) is 18.2. The quantitative estimate of drug-likeness (QED) is 0.583. The monoisotopic (exact) mass is 456 g/mol. The number of fused-ring (bicyclic) bond motifs is 3. The van der Waals surface area contributed by atoms with E-state index in [1.165, 1.54) is 12.3 Å². The summed E-state index contributed by atoms with van der Waals surface area (Å²) in [7, 11) is 0. The summed E-state index contributed by atoms with van der Waals surface area (Å²) in [5.41, 5.74) is 0.141. The number of pyridine rings is 1. The number of morpholine rings is 1. The lowest BCUT2D eigenvalue weighted by atomic mass is 10.0. The fourth-order valence-electron chi connectivity index (χ4n) is 4.23. The Bertz CT molecular complexity index is 1260. The molecule has 33 heavy (non-hydrogen) atoms. The van der Waals surface area contributed by atoms with Gasteiger partial charge in [-0.1, -0.05) is 0 Å². The van der Waals surface area contributed by atoms with E-state index in [2.05, 4.69) is 14.9 Å². The Labute approximate surface area is 188 Å². The van der Waals surface area contributed by atoms with Crippen LogP contribution in [0.25, 0.3) is 0 Å². The van der Waals surface area contributed by atoms with Gasteiger partial charge in [0.15, 0.2) is 17.4 Å². The van der Waals surface area contributed by atoms with E-state index in [0.717, 1.165) is 12.1 Å². The molecule has 3 aromatic rings. The zero-order chi connectivity index (χ0) is 23.2. The highest BCUT2D eigenvalue weighted by molar-refractivity contribution is 5.50. The zero-order valence-electron chi connectivity index (χ0n) is 18.2. The molecule has 0 spiro atoms. The minimum absolute atomic E-state index is 0.0930. The Hall–Kier alpha value is -3.53. The summed E-state index contributed by atoms with van der Waals surface area (Å²) in [5, 5.41) is 0. The Morgan fingerprint density at radius 2 is 2.00 bits per heavy atom. The Balaban J connectivity index is 1.34. The van der Waals surface area contributed by atoms with Gasteiger partial charge < -0.3 is 19.1 Å². The first kappa shape index (κ1) is 21.3. The van der Waals surface area contributed by atoms with Crippen molar-refractivity contribution in [2.24, 2.45) is 0 Å². The summed E-state index contributed by atoms with van der Waals surface area (Å²) >= 11 is 0. The van der Waals surface area contributed by atoms with Crippen molar-refractivity contribution in [3.8, 4) is 17.4 Å². The summed E-state index contributed by atoms with van der Waals surface area (Å²) in [4.78, 5) is 22.7. The molecule has 1 unspecified atom stereocenters. The van der Waals surface area contributed by atoms with E-state index < -0.39 is 23.1 Å². The number of aromatic nitrogens is 3. The molecule has 10 heteroatoms. The molecule has 5 rings (SSSR count). The minimum atomic E-state index is -0.867. The van der Waals surface area contributed by atoms with Crippen molar-refractivity contribution in [2.45, 2.75) is 32.5 Å². The van der Waals surface area contributed by atoms with Crippen LogP contribution in [0.2, 0.25) is 0 Å². The average molecular weight is 456 g/mol. The third-order valence-corrected chi connectivity index (χ3v) is 5.80. The highest BCUT2D eigenvalue weighted by atomic mass is 19.1. The first-order valence-electron chi connectivity index (χ1n) is 10.5. The summed E-state index contributed by atoms with van der Waals surface area (Å²) in [5.74, 6) is -1.17. The molecule has 0 aliphatic carbocycles. The van der Waals surface area contributed by atoms with Gasteiger partial charge in [0.2, 0.25) is 5.88 Å². The third kappa shape index (κ3) is 4.02. The molecule has 0 bridgehead atoms. The molecule has 1 aromatic carbocycles. The first-order valence-corrected chi connectivity index (χ1v) is 10.5. The molecule has 0 amide bonds. The maximum absolute atomic E-state index is 14.6. The molecule has 2 aromatic heterocycles. The van der Waals surface area contributed by atoms with Crippen molar-refractivity contribution >= 4 is 5.82 Å². The number of nitrogens with zero attached hydrogens (tertiary/aromatic N) is 4. The van der Waals surface area contributed by atoms with E-state index in [1.807, 2.05) is 6.92 Å². The predicted octanol–water partition coefficient (Wildman–Crippen LogP) is 3.21. The van der Waals surface area contributed by atoms with E-state index >= 15 is 0 Å². The topological polar surface area (TPSA) is 78.7 Å². The van der Waals surface area contributed by atoms with Gasteiger partial charge in [-0.05, 0) is 37.6 Å². The van der Waals surface area contributed by atoms with Gasteiger partial charge in [-0.15, -0.1) is 0 Å². The van der Waals surface area contributed by atoms with Crippen LogP contribution in [0.15, 0.2) is 41.3 Å². The van der Waals surface area contributed by atoms with Gasteiger partial charge in [-0.25, -0.2) is 13.6 Å². The van der Waals surface area contributed by atoms with E-state index in [-0.39, 0.29) is 29.3 Å².